The van der Waals surface area contributed by atoms with Gasteiger partial charge in [-0.1, -0.05) is 11.8 Å². The van der Waals surface area contributed by atoms with Gasteiger partial charge < -0.3 is 4.90 Å². The first-order valence-electron chi connectivity index (χ1n) is 5.12. The zero-order valence-electron chi connectivity index (χ0n) is 8.48. The van der Waals surface area contributed by atoms with E-state index in [1.807, 2.05) is 0 Å². The van der Waals surface area contributed by atoms with E-state index in [0.717, 1.165) is 18.7 Å². The molecule has 0 saturated carbocycles. The third-order valence-electron chi connectivity index (χ3n) is 2.47. The van der Waals surface area contributed by atoms with Crippen molar-refractivity contribution >= 4 is 22.9 Å². The first-order chi connectivity index (χ1) is 7.27. The summed E-state index contributed by atoms with van der Waals surface area (Å²) in [7, 11) is 0. The molecule has 0 radical (unpaired) electrons. The lowest BCUT2D eigenvalue weighted by Crippen LogP contribution is -2.32. The highest BCUT2D eigenvalue weighted by atomic mass is 32.2. The molecule has 0 bridgehead atoms. The van der Waals surface area contributed by atoms with Crippen LogP contribution in [0.3, 0.4) is 0 Å². The lowest BCUT2D eigenvalue weighted by molar-refractivity contribution is -0.168. The number of amides is 2. The Morgan fingerprint density at radius 1 is 1.47 bits per heavy atom. The minimum absolute atomic E-state index is 0.0165. The van der Waals surface area contributed by atoms with Crippen LogP contribution in [-0.4, -0.2) is 53.1 Å². The predicted octanol–water partition coefficient (Wildman–Crippen LogP) is 0.709. The molecule has 6 heteroatoms. The van der Waals surface area contributed by atoms with E-state index in [4.69, 9.17) is 4.84 Å². The second kappa shape index (κ2) is 4.85. The van der Waals surface area contributed by atoms with E-state index >= 15 is 0 Å². The summed E-state index contributed by atoms with van der Waals surface area (Å²) >= 11 is 1.32. The lowest BCUT2D eigenvalue weighted by atomic mass is 10.3. The van der Waals surface area contributed by atoms with E-state index in [1.54, 1.807) is 4.90 Å². The molecule has 2 saturated heterocycles. The van der Waals surface area contributed by atoms with Crippen LogP contribution in [0.25, 0.3) is 0 Å². The van der Waals surface area contributed by atoms with Crippen molar-refractivity contribution in [2.24, 2.45) is 0 Å². The Hall–Kier alpha value is -0.750. The lowest BCUT2D eigenvalue weighted by Gasteiger charge is -2.17. The van der Waals surface area contributed by atoms with Gasteiger partial charge in [-0.05, 0) is 6.42 Å². The molecular formula is C9H14N2O3S. The minimum atomic E-state index is -0.0165. The van der Waals surface area contributed by atoms with Gasteiger partial charge in [0, 0.05) is 25.3 Å². The Balaban J connectivity index is 1.72. The van der Waals surface area contributed by atoms with Crippen LogP contribution in [0.4, 0.5) is 4.79 Å². The van der Waals surface area contributed by atoms with Crippen LogP contribution in [-0.2, 0) is 9.63 Å². The number of hydroxylamine groups is 2. The maximum absolute atomic E-state index is 11.6. The fourth-order valence-electron chi connectivity index (χ4n) is 1.63. The van der Waals surface area contributed by atoms with Crippen LogP contribution in [0.15, 0.2) is 0 Å². The van der Waals surface area contributed by atoms with Gasteiger partial charge in [0.1, 0.15) is 0 Å². The average molecular weight is 230 g/mol. The zero-order chi connectivity index (χ0) is 10.7. The van der Waals surface area contributed by atoms with E-state index in [-0.39, 0.29) is 11.1 Å². The summed E-state index contributed by atoms with van der Waals surface area (Å²) in [5.74, 6) is 0.824. The zero-order valence-corrected chi connectivity index (χ0v) is 9.29. The van der Waals surface area contributed by atoms with Gasteiger partial charge >= 0.3 is 0 Å². The van der Waals surface area contributed by atoms with E-state index in [9.17, 15) is 9.59 Å². The van der Waals surface area contributed by atoms with Crippen molar-refractivity contribution < 1.29 is 14.4 Å². The fourth-order valence-corrected chi connectivity index (χ4v) is 2.48. The van der Waals surface area contributed by atoms with Crippen molar-refractivity contribution in [2.45, 2.75) is 12.8 Å². The molecular weight excluding hydrogens is 216 g/mol. The van der Waals surface area contributed by atoms with Crippen LogP contribution in [0.1, 0.15) is 12.8 Å². The van der Waals surface area contributed by atoms with Crippen LogP contribution < -0.4 is 0 Å². The van der Waals surface area contributed by atoms with Crippen molar-refractivity contribution in [3.63, 3.8) is 0 Å². The SMILES string of the molecule is O=C1SCCN1CCC(=O)N1CCCO1. The molecule has 2 heterocycles. The molecule has 0 aromatic carbocycles. The number of carbonyl (C=O) groups excluding carboxylic acids is 2. The molecule has 0 aromatic heterocycles. The highest BCUT2D eigenvalue weighted by Gasteiger charge is 2.24. The second-order valence-corrected chi connectivity index (χ2v) is 4.58. The van der Waals surface area contributed by atoms with Crippen molar-refractivity contribution in [2.75, 3.05) is 32.0 Å². The fraction of sp³-hybridized carbons (Fsp3) is 0.778. The first-order valence-corrected chi connectivity index (χ1v) is 6.11. The molecule has 2 amide bonds. The number of thioether (sulfide) groups is 1. The van der Waals surface area contributed by atoms with E-state index in [2.05, 4.69) is 0 Å². The van der Waals surface area contributed by atoms with Crippen LogP contribution in [0.2, 0.25) is 0 Å². The van der Waals surface area contributed by atoms with Crippen molar-refractivity contribution in [1.82, 2.24) is 9.96 Å². The van der Waals surface area contributed by atoms with Crippen molar-refractivity contribution in [3.05, 3.63) is 0 Å². The van der Waals surface area contributed by atoms with E-state index in [0.29, 0.717) is 26.1 Å². The van der Waals surface area contributed by atoms with Crippen molar-refractivity contribution in [1.29, 1.82) is 0 Å². The van der Waals surface area contributed by atoms with E-state index in [1.165, 1.54) is 16.8 Å². The number of rotatable bonds is 3. The van der Waals surface area contributed by atoms with Gasteiger partial charge in [0.25, 0.3) is 5.24 Å². The smallest absolute Gasteiger partial charge is 0.281 e. The van der Waals surface area contributed by atoms with Gasteiger partial charge in [-0.2, -0.15) is 0 Å². The van der Waals surface area contributed by atoms with Crippen LogP contribution in [0.5, 0.6) is 0 Å². The van der Waals surface area contributed by atoms with Gasteiger partial charge in [0.2, 0.25) is 5.91 Å². The largest absolute Gasteiger partial charge is 0.332 e. The van der Waals surface area contributed by atoms with Gasteiger partial charge in [0.15, 0.2) is 0 Å². The maximum atomic E-state index is 11.6. The summed E-state index contributed by atoms with van der Waals surface area (Å²) in [5.41, 5.74) is 0. The third kappa shape index (κ3) is 2.63. The highest BCUT2D eigenvalue weighted by molar-refractivity contribution is 8.13. The number of hydrogen-bond acceptors (Lipinski definition) is 4. The maximum Gasteiger partial charge on any atom is 0.281 e. The molecule has 2 aliphatic heterocycles. The molecule has 5 nitrogen and oxygen atoms in total. The van der Waals surface area contributed by atoms with Gasteiger partial charge in [0.05, 0.1) is 13.2 Å². The minimum Gasteiger partial charge on any atom is -0.332 e. The Morgan fingerprint density at radius 3 is 2.93 bits per heavy atom. The summed E-state index contributed by atoms with van der Waals surface area (Å²) in [6.45, 7) is 2.59. The van der Waals surface area contributed by atoms with Gasteiger partial charge in [-0.3, -0.25) is 14.4 Å². The molecule has 15 heavy (non-hydrogen) atoms. The van der Waals surface area contributed by atoms with Crippen LogP contribution >= 0.6 is 11.8 Å². The van der Waals surface area contributed by atoms with Gasteiger partial charge in [-0.25, -0.2) is 5.06 Å². The topological polar surface area (TPSA) is 49.9 Å². The molecule has 2 rings (SSSR count). The number of carbonyl (C=O) groups is 2. The molecule has 0 spiro atoms. The van der Waals surface area contributed by atoms with Crippen LogP contribution in [0, 0.1) is 0 Å². The third-order valence-corrected chi connectivity index (χ3v) is 3.36. The molecule has 2 fully saturated rings. The van der Waals surface area contributed by atoms with E-state index < -0.39 is 0 Å². The normalized spacial score (nSPS) is 21.5. The Morgan fingerprint density at radius 2 is 2.33 bits per heavy atom. The molecule has 84 valence electrons. The predicted molar refractivity (Wildman–Crippen MR) is 56.3 cm³/mol. The summed E-state index contributed by atoms with van der Waals surface area (Å²) < 4.78 is 0. The highest BCUT2D eigenvalue weighted by Crippen LogP contribution is 2.17. The Labute approximate surface area is 92.7 Å². The molecule has 0 N–H and O–H groups in total. The average Bonchev–Trinajstić information content (AvgIpc) is 2.85. The Bertz CT molecular complexity index is 266. The van der Waals surface area contributed by atoms with Gasteiger partial charge in [-0.15, -0.1) is 0 Å². The second-order valence-electron chi connectivity index (χ2n) is 3.53. The van der Waals surface area contributed by atoms with Crippen molar-refractivity contribution in [3.8, 4) is 0 Å². The molecule has 0 aliphatic carbocycles. The summed E-state index contributed by atoms with van der Waals surface area (Å²) in [6, 6.07) is 0. The first kappa shape index (κ1) is 10.8. The quantitative estimate of drug-likeness (QED) is 0.716. The molecule has 2 aliphatic rings. The number of nitrogens with zero attached hydrogens (tertiary/aromatic N) is 2. The standard InChI is InChI=1S/C9H14N2O3S/c12-8(11-3-1-6-14-11)2-4-10-5-7-15-9(10)13/h1-7H2. The molecule has 0 atom stereocenters. The number of hydrogen-bond donors (Lipinski definition) is 0. The Kier molecular flexibility index (Phi) is 3.48. The molecule has 0 aromatic rings. The summed E-state index contributed by atoms with van der Waals surface area (Å²) in [4.78, 5) is 29.7. The summed E-state index contributed by atoms with van der Waals surface area (Å²) in [6.07, 6.45) is 1.27. The molecule has 0 unspecified atom stereocenters. The monoisotopic (exact) mass is 230 g/mol. The summed E-state index contributed by atoms with van der Waals surface area (Å²) in [5, 5.41) is 1.50.